The van der Waals surface area contributed by atoms with Gasteiger partial charge in [-0.2, -0.15) is 9.97 Å². The van der Waals surface area contributed by atoms with E-state index in [9.17, 15) is 10.2 Å². The molecular weight excluding hydrogens is 668 g/mol. The number of ether oxygens (including phenoxy) is 3. The monoisotopic (exact) mass is 717 g/mol. The van der Waals surface area contributed by atoms with Crippen LogP contribution in [-0.2, 0) is 15.9 Å². The first-order valence-electron chi connectivity index (χ1n) is 18.8. The number of halogens is 2. The zero-order valence-corrected chi connectivity index (χ0v) is 30.5. The maximum absolute atomic E-state index is 17.1. The zero-order chi connectivity index (χ0) is 36.4. The van der Waals surface area contributed by atoms with Gasteiger partial charge in [-0.3, -0.25) is 9.88 Å². The van der Waals surface area contributed by atoms with E-state index in [1.54, 1.807) is 26.2 Å². The van der Waals surface area contributed by atoms with Crippen molar-refractivity contribution >= 4 is 27.5 Å². The summed E-state index contributed by atoms with van der Waals surface area (Å²) in [5.41, 5.74) is -0.628. The second kappa shape index (κ2) is 13.6. The molecule has 0 amide bonds. The number of hydrogen-bond acceptors (Lipinski definition) is 10. The second-order valence-corrected chi connectivity index (χ2v) is 15.8. The van der Waals surface area contributed by atoms with Crippen LogP contribution in [0.15, 0.2) is 30.5 Å². The molecule has 4 fully saturated rings. The van der Waals surface area contributed by atoms with Crippen LogP contribution in [0.5, 0.6) is 11.8 Å². The molecule has 4 atom stereocenters. The number of nitrogens with zero attached hydrogens (tertiary/aromatic N) is 5. The van der Waals surface area contributed by atoms with Gasteiger partial charge in [-0.05, 0) is 93.3 Å². The molecule has 2 saturated heterocycles. The number of pyridine rings is 1. The number of hydrogen-bond donors (Lipinski definition) is 2. The van der Waals surface area contributed by atoms with Crippen LogP contribution >= 0.6 is 0 Å². The Kier molecular flexibility index (Phi) is 9.25. The van der Waals surface area contributed by atoms with Gasteiger partial charge in [-0.15, -0.1) is 0 Å². The number of aryl methyl sites for hydroxylation is 1. The van der Waals surface area contributed by atoms with Crippen molar-refractivity contribution in [1.82, 2.24) is 19.9 Å². The summed E-state index contributed by atoms with van der Waals surface area (Å²) in [4.78, 5) is 18.8. The fourth-order valence-corrected chi connectivity index (χ4v) is 9.60. The fourth-order valence-electron chi connectivity index (χ4n) is 9.60. The first-order valence-corrected chi connectivity index (χ1v) is 18.8. The summed E-state index contributed by atoms with van der Waals surface area (Å²) in [6.07, 6.45) is 9.67. The molecule has 2 aliphatic carbocycles. The van der Waals surface area contributed by atoms with Crippen molar-refractivity contribution in [3.8, 4) is 23.0 Å². The summed E-state index contributed by atoms with van der Waals surface area (Å²) in [6, 6.07) is 7.31. The Bertz CT molecular complexity index is 1990. The minimum Gasteiger partial charge on any atom is -0.508 e. The van der Waals surface area contributed by atoms with Gasteiger partial charge in [0.1, 0.15) is 34.2 Å². The summed E-state index contributed by atoms with van der Waals surface area (Å²) in [6.45, 7) is 7.38. The Morgan fingerprint density at radius 3 is 2.73 bits per heavy atom. The van der Waals surface area contributed by atoms with Crippen LogP contribution in [0.3, 0.4) is 0 Å². The van der Waals surface area contributed by atoms with Crippen LogP contribution < -0.4 is 9.64 Å². The molecule has 2 aromatic carbocycles. The molecule has 2 aromatic heterocycles. The summed E-state index contributed by atoms with van der Waals surface area (Å²) < 4.78 is 50.1. The lowest BCUT2D eigenvalue weighted by Crippen LogP contribution is -2.62. The zero-order valence-electron chi connectivity index (χ0n) is 30.5. The number of phenolic OH excluding ortho intramolecular Hbond substituents is 1. The van der Waals surface area contributed by atoms with E-state index in [1.165, 1.54) is 18.3 Å². The Morgan fingerprint density at radius 2 is 1.94 bits per heavy atom. The smallest absolute Gasteiger partial charge is 0.319 e. The molecule has 2 saturated carbocycles. The van der Waals surface area contributed by atoms with Gasteiger partial charge in [-0.25, -0.2) is 8.78 Å². The van der Waals surface area contributed by atoms with Gasteiger partial charge in [0.2, 0.25) is 0 Å². The molecule has 0 bridgehead atoms. The highest BCUT2D eigenvalue weighted by molar-refractivity contribution is 6.01. The van der Waals surface area contributed by atoms with E-state index >= 15 is 8.78 Å². The van der Waals surface area contributed by atoms with Crippen LogP contribution in [0, 0.1) is 17.0 Å². The lowest BCUT2D eigenvalue weighted by molar-refractivity contribution is -0.105. The van der Waals surface area contributed by atoms with Crippen molar-refractivity contribution in [2.24, 2.45) is 5.41 Å². The number of piperidine rings is 1. The summed E-state index contributed by atoms with van der Waals surface area (Å²) in [5, 5.41) is 23.2. The van der Waals surface area contributed by atoms with Crippen LogP contribution in [0.4, 0.5) is 14.6 Å². The molecule has 4 aliphatic rings. The molecule has 2 aliphatic heterocycles. The van der Waals surface area contributed by atoms with Gasteiger partial charge in [0.15, 0.2) is 5.82 Å². The predicted molar refractivity (Wildman–Crippen MR) is 195 cm³/mol. The van der Waals surface area contributed by atoms with Crippen molar-refractivity contribution in [2.75, 3.05) is 44.9 Å². The number of β-amino-alcohol motifs (C(OH)–C–C–N with tert-alkyl or cyclic N) is 1. The van der Waals surface area contributed by atoms with Gasteiger partial charge < -0.3 is 29.3 Å². The predicted octanol–water partition coefficient (Wildman–Crippen LogP) is 6.56. The van der Waals surface area contributed by atoms with E-state index in [2.05, 4.69) is 16.8 Å². The number of aliphatic hydroxyl groups is 1. The Morgan fingerprint density at radius 1 is 1.12 bits per heavy atom. The van der Waals surface area contributed by atoms with Crippen LogP contribution in [-0.4, -0.2) is 99.9 Å². The van der Waals surface area contributed by atoms with Crippen molar-refractivity contribution in [2.45, 2.75) is 102 Å². The first kappa shape index (κ1) is 35.3. The Labute approximate surface area is 303 Å². The van der Waals surface area contributed by atoms with Crippen molar-refractivity contribution in [1.29, 1.82) is 0 Å². The van der Waals surface area contributed by atoms with Crippen LogP contribution in [0.1, 0.15) is 71.3 Å². The maximum Gasteiger partial charge on any atom is 0.319 e. The quantitative estimate of drug-likeness (QED) is 0.208. The highest BCUT2D eigenvalue weighted by Crippen LogP contribution is 2.52. The molecule has 52 heavy (non-hydrogen) atoms. The Balaban J connectivity index is 1.22. The third-order valence-electron chi connectivity index (χ3n) is 12.3. The minimum atomic E-state index is -1.18. The lowest BCUT2D eigenvalue weighted by atomic mass is 9.71. The lowest BCUT2D eigenvalue weighted by Gasteiger charge is -2.55. The second-order valence-electron chi connectivity index (χ2n) is 15.8. The van der Waals surface area contributed by atoms with Crippen molar-refractivity contribution in [3.63, 3.8) is 0 Å². The molecule has 0 radical (unpaired) electrons. The van der Waals surface area contributed by atoms with E-state index in [4.69, 9.17) is 24.2 Å². The number of rotatable bonds is 8. The summed E-state index contributed by atoms with van der Waals surface area (Å²) in [7, 11) is 1.79. The van der Waals surface area contributed by atoms with Crippen LogP contribution in [0.2, 0.25) is 0 Å². The summed E-state index contributed by atoms with van der Waals surface area (Å²) in [5.74, 6) is -0.828. The standard InChI is InChI=1S/C40H49F2N5O5/c1-5-28-31(41)9-8-24-15-26(48)18-29(33(24)28)35-34(42)36-30(19-43-35)37(46-13-14-51-21-39(3,49)20-46)45-38(44-36)52-22-40-11-6-7-32(40)47(23(2)10-12-40)25-16-27(17-25)50-4/h8-9,15,18-19,23,25,27,32,48-49H,5-7,10-14,16-17,20-22H2,1-4H3. The topological polar surface area (TPSA) is 113 Å². The molecule has 4 unspecified atom stereocenters. The average molecular weight is 718 g/mol. The van der Waals surface area contributed by atoms with E-state index in [-0.39, 0.29) is 47.1 Å². The number of benzene rings is 2. The number of aromatic hydroxyl groups is 1. The number of methoxy groups -OCH3 is 1. The number of fused-ring (bicyclic) bond motifs is 3. The van der Waals surface area contributed by atoms with Crippen molar-refractivity contribution in [3.05, 3.63) is 47.7 Å². The third kappa shape index (κ3) is 6.15. The third-order valence-corrected chi connectivity index (χ3v) is 12.3. The maximum atomic E-state index is 17.1. The summed E-state index contributed by atoms with van der Waals surface area (Å²) >= 11 is 0. The van der Waals surface area contributed by atoms with E-state index in [0.717, 1.165) is 44.9 Å². The first-order chi connectivity index (χ1) is 25.0. The highest BCUT2D eigenvalue weighted by Gasteiger charge is 2.53. The molecule has 12 heteroatoms. The van der Waals surface area contributed by atoms with Gasteiger partial charge >= 0.3 is 6.01 Å². The molecule has 4 heterocycles. The number of phenols is 1. The fraction of sp³-hybridized carbons (Fsp3) is 0.575. The molecule has 0 spiro atoms. The van der Waals surface area contributed by atoms with E-state index < -0.39 is 17.2 Å². The van der Waals surface area contributed by atoms with E-state index in [0.29, 0.717) is 77.9 Å². The van der Waals surface area contributed by atoms with E-state index in [1.807, 2.05) is 11.8 Å². The number of aromatic nitrogens is 3. The molecule has 4 aromatic rings. The average Bonchev–Trinajstić information content (AvgIpc) is 3.44. The molecule has 8 rings (SSSR count). The number of anilines is 1. The number of likely N-dealkylation sites (tertiary alicyclic amines) is 1. The molecule has 10 nitrogen and oxygen atoms in total. The van der Waals surface area contributed by atoms with Crippen LogP contribution in [0.25, 0.3) is 32.9 Å². The highest BCUT2D eigenvalue weighted by atomic mass is 19.1. The SMILES string of the molecule is CCc1c(F)ccc2cc(O)cc(-c3ncc4c(N5CCOCC(C)(O)C5)nc(OCC56CCCC5N(C5CC(OC)C5)C(C)CC6)nc4c3F)c12. The van der Waals surface area contributed by atoms with Gasteiger partial charge in [0.25, 0.3) is 0 Å². The molecule has 278 valence electrons. The van der Waals surface area contributed by atoms with Crippen molar-refractivity contribution < 1.29 is 33.2 Å². The largest absolute Gasteiger partial charge is 0.508 e. The normalized spacial score (nSPS) is 29.6. The van der Waals surface area contributed by atoms with Gasteiger partial charge in [-0.1, -0.05) is 19.4 Å². The molecule has 2 N–H and O–H groups in total. The van der Waals surface area contributed by atoms with Gasteiger partial charge in [0.05, 0.1) is 37.9 Å². The minimum absolute atomic E-state index is 0.000179. The Hall–Kier alpha value is -3.71. The molecular formula is C40H49F2N5O5. The van der Waals surface area contributed by atoms with Gasteiger partial charge in [0, 0.05) is 49.0 Å².